The van der Waals surface area contributed by atoms with Crippen molar-refractivity contribution < 1.29 is 19.4 Å². The summed E-state index contributed by atoms with van der Waals surface area (Å²) >= 11 is 0. The Hall–Kier alpha value is -0.690. The molecule has 2 atom stereocenters. The first-order chi connectivity index (χ1) is 10.6. The lowest BCUT2D eigenvalue weighted by Gasteiger charge is -2.42. The second-order valence-electron chi connectivity index (χ2n) is 6.50. The molecule has 0 radical (unpaired) electrons. The molecular weight excluding hydrogens is 284 g/mol. The lowest BCUT2D eigenvalue weighted by Crippen LogP contribution is -2.51. The fourth-order valence-electron chi connectivity index (χ4n) is 3.39. The van der Waals surface area contributed by atoms with Gasteiger partial charge >= 0.3 is 5.97 Å². The molecule has 2 rings (SSSR count). The van der Waals surface area contributed by atoms with Crippen molar-refractivity contribution in [2.75, 3.05) is 52.5 Å². The summed E-state index contributed by atoms with van der Waals surface area (Å²) in [4.78, 5) is 16.7. The molecule has 0 bridgehead atoms. The number of piperidine rings is 1. The maximum Gasteiger partial charge on any atom is 0.310 e. The van der Waals surface area contributed by atoms with Gasteiger partial charge in [-0.2, -0.15) is 0 Å². The molecule has 0 aromatic carbocycles. The van der Waals surface area contributed by atoms with E-state index in [0.29, 0.717) is 12.1 Å². The molecule has 0 unspecified atom stereocenters. The van der Waals surface area contributed by atoms with Gasteiger partial charge in [0, 0.05) is 25.7 Å². The molecule has 6 nitrogen and oxygen atoms in total. The molecule has 2 heterocycles. The van der Waals surface area contributed by atoms with Crippen molar-refractivity contribution in [1.29, 1.82) is 0 Å². The fourth-order valence-corrected chi connectivity index (χ4v) is 3.39. The number of hydrogen-bond donors (Lipinski definition) is 1. The minimum atomic E-state index is -0.210. The van der Waals surface area contributed by atoms with Crippen molar-refractivity contribution in [3.63, 3.8) is 0 Å². The summed E-state index contributed by atoms with van der Waals surface area (Å²) in [6.45, 7) is 9.76. The Morgan fingerprint density at radius 3 is 2.73 bits per heavy atom. The highest BCUT2D eigenvalue weighted by Crippen LogP contribution is 2.20. The number of morpholine rings is 1. The molecule has 0 aliphatic carbocycles. The van der Waals surface area contributed by atoms with Crippen LogP contribution in [0.1, 0.15) is 26.7 Å². The van der Waals surface area contributed by atoms with E-state index in [9.17, 15) is 4.79 Å². The molecule has 0 spiro atoms. The van der Waals surface area contributed by atoms with Gasteiger partial charge in [-0.05, 0) is 32.9 Å². The van der Waals surface area contributed by atoms with Crippen LogP contribution in [0.15, 0.2) is 0 Å². The van der Waals surface area contributed by atoms with Crippen LogP contribution in [0.4, 0.5) is 0 Å². The molecule has 0 aromatic rings. The van der Waals surface area contributed by atoms with Crippen LogP contribution < -0.4 is 0 Å². The van der Waals surface area contributed by atoms with E-state index < -0.39 is 0 Å². The van der Waals surface area contributed by atoms with Gasteiger partial charge < -0.3 is 19.5 Å². The Bertz CT molecular complexity index is 345. The highest BCUT2D eigenvalue weighted by molar-refractivity contribution is 5.72. The van der Waals surface area contributed by atoms with E-state index in [4.69, 9.17) is 14.6 Å². The van der Waals surface area contributed by atoms with E-state index in [1.165, 1.54) is 0 Å². The Morgan fingerprint density at radius 1 is 1.36 bits per heavy atom. The van der Waals surface area contributed by atoms with Crippen LogP contribution in [-0.2, 0) is 14.3 Å². The zero-order valence-corrected chi connectivity index (χ0v) is 13.9. The molecule has 0 saturated carbocycles. The van der Waals surface area contributed by atoms with Crippen LogP contribution in [-0.4, -0.2) is 85.6 Å². The molecule has 2 saturated heterocycles. The first-order valence-electron chi connectivity index (χ1n) is 8.45. The number of esters is 1. The van der Waals surface area contributed by atoms with Gasteiger partial charge in [-0.25, -0.2) is 0 Å². The average molecular weight is 314 g/mol. The van der Waals surface area contributed by atoms with Gasteiger partial charge in [0.05, 0.1) is 25.2 Å². The predicted molar refractivity (Wildman–Crippen MR) is 83.7 cm³/mol. The zero-order valence-electron chi connectivity index (χ0n) is 13.9. The summed E-state index contributed by atoms with van der Waals surface area (Å²) in [6, 6.07) is 0.652. The van der Waals surface area contributed by atoms with Gasteiger partial charge in [-0.15, -0.1) is 0 Å². The van der Waals surface area contributed by atoms with Gasteiger partial charge in [0.25, 0.3) is 0 Å². The van der Waals surface area contributed by atoms with Crippen molar-refractivity contribution in [2.45, 2.75) is 38.8 Å². The van der Waals surface area contributed by atoms with Crippen LogP contribution >= 0.6 is 0 Å². The fraction of sp³-hybridized carbons (Fsp3) is 0.938. The minimum Gasteiger partial charge on any atom is -0.463 e. The van der Waals surface area contributed by atoms with Gasteiger partial charge in [0.1, 0.15) is 6.61 Å². The third-order valence-corrected chi connectivity index (χ3v) is 4.62. The number of carbonyl (C=O) groups is 1. The second kappa shape index (κ2) is 8.82. The number of rotatable bonds is 6. The maximum absolute atomic E-state index is 11.7. The SMILES string of the molecule is C[C@H](CN1CCC(N2CCO[C@@H](C)C2)CC1)C(=O)OCCO. The third kappa shape index (κ3) is 5.19. The van der Waals surface area contributed by atoms with Crippen molar-refractivity contribution >= 4 is 5.97 Å². The second-order valence-corrected chi connectivity index (χ2v) is 6.50. The summed E-state index contributed by atoms with van der Waals surface area (Å²) in [5.41, 5.74) is 0. The quantitative estimate of drug-likeness (QED) is 0.714. The van der Waals surface area contributed by atoms with E-state index in [1.54, 1.807) is 0 Å². The Kier molecular flexibility index (Phi) is 7.08. The topological polar surface area (TPSA) is 62.2 Å². The summed E-state index contributed by atoms with van der Waals surface area (Å²) in [5, 5.41) is 8.69. The van der Waals surface area contributed by atoms with E-state index in [0.717, 1.165) is 52.2 Å². The largest absolute Gasteiger partial charge is 0.463 e. The van der Waals surface area contributed by atoms with E-state index in [1.807, 2.05) is 6.92 Å². The number of aliphatic hydroxyl groups excluding tert-OH is 1. The molecule has 2 fully saturated rings. The smallest absolute Gasteiger partial charge is 0.310 e. The maximum atomic E-state index is 11.7. The highest BCUT2D eigenvalue weighted by Gasteiger charge is 2.29. The molecule has 1 N–H and O–H groups in total. The van der Waals surface area contributed by atoms with Crippen molar-refractivity contribution in [2.24, 2.45) is 5.92 Å². The molecule has 128 valence electrons. The first kappa shape index (κ1) is 17.7. The molecule has 2 aliphatic rings. The van der Waals surface area contributed by atoms with Crippen LogP contribution in [0.25, 0.3) is 0 Å². The zero-order chi connectivity index (χ0) is 15.9. The monoisotopic (exact) mass is 314 g/mol. The summed E-state index contributed by atoms with van der Waals surface area (Å²) in [7, 11) is 0. The number of nitrogens with zero attached hydrogens (tertiary/aromatic N) is 2. The third-order valence-electron chi connectivity index (χ3n) is 4.62. The summed E-state index contributed by atoms with van der Waals surface area (Å²) in [5.74, 6) is -0.343. The van der Waals surface area contributed by atoms with Crippen LogP contribution in [0.3, 0.4) is 0 Å². The Balaban J connectivity index is 1.69. The van der Waals surface area contributed by atoms with Gasteiger partial charge in [-0.1, -0.05) is 6.92 Å². The van der Waals surface area contributed by atoms with Gasteiger partial charge in [0.15, 0.2) is 0 Å². The van der Waals surface area contributed by atoms with Crippen LogP contribution in [0.2, 0.25) is 0 Å². The molecular formula is C16H30N2O4. The normalized spacial score (nSPS) is 26.8. The van der Waals surface area contributed by atoms with Crippen molar-refractivity contribution in [3.05, 3.63) is 0 Å². The average Bonchev–Trinajstić information content (AvgIpc) is 2.53. The molecule has 0 aromatic heterocycles. The van der Waals surface area contributed by atoms with Crippen molar-refractivity contribution in [1.82, 2.24) is 9.80 Å². The number of hydrogen-bond acceptors (Lipinski definition) is 6. The van der Waals surface area contributed by atoms with Crippen LogP contribution in [0, 0.1) is 5.92 Å². The number of carbonyl (C=O) groups excluding carboxylic acids is 1. The van der Waals surface area contributed by atoms with Gasteiger partial charge in [0.2, 0.25) is 0 Å². The van der Waals surface area contributed by atoms with Crippen LogP contribution in [0.5, 0.6) is 0 Å². The summed E-state index contributed by atoms with van der Waals surface area (Å²) < 4.78 is 10.6. The van der Waals surface area contributed by atoms with E-state index in [2.05, 4.69) is 16.7 Å². The number of ether oxygens (including phenoxy) is 2. The minimum absolute atomic E-state index is 0.0977. The van der Waals surface area contributed by atoms with E-state index >= 15 is 0 Å². The van der Waals surface area contributed by atoms with E-state index in [-0.39, 0.29) is 25.1 Å². The summed E-state index contributed by atoms with van der Waals surface area (Å²) in [6.07, 6.45) is 2.66. The Morgan fingerprint density at radius 2 is 2.09 bits per heavy atom. The lowest BCUT2D eigenvalue weighted by atomic mass is 10.0. The molecule has 22 heavy (non-hydrogen) atoms. The highest BCUT2D eigenvalue weighted by atomic mass is 16.5. The number of aliphatic hydroxyl groups is 1. The molecule has 6 heteroatoms. The number of likely N-dealkylation sites (tertiary alicyclic amines) is 1. The Labute approximate surface area is 133 Å². The molecule has 0 amide bonds. The predicted octanol–water partition coefficient (Wildman–Crippen LogP) is 0.343. The molecule has 2 aliphatic heterocycles. The van der Waals surface area contributed by atoms with Gasteiger partial charge in [-0.3, -0.25) is 9.69 Å². The first-order valence-corrected chi connectivity index (χ1v) is 8.45. The standard InChI is InChI=1S/C16H30N2O4/c1-13(16(20)22-10-8-19)11-17-5-3-15(4-6-17)18-7-9-21-14(2)12-18/h13-15,19H,3-12H2,1-2H3/t13-,14+/m1/s1. The van der Waals surface area contributed by atoms with Crippen molar-refractivity contribution in [3.8, 4) is 0 Å². The lowest BCUT2D eigenvalue weighted by molar-refractivity contribution is -0.149.